The van der Waals surface area contributed by atoms with Crippen LogP contribution in [0.2, 0.25) is 0 Å². The first kappa shape index (κ1) is 24.8. The molecule has 4 nitrogen and oxygen atoms in total. The number of ether oxygens (including phenoxy) is 1. The van der Waals surface area contributed by atoms with Crippen LogP contribution in [-0.4, -0.2) is 27.3 Å². The van der Waals surface area contributed by atoms with Crippen molar-refractivity contribution in [2.75, 3.05) is 6.26 Å². The number of carbonyl (C=O) groups excluding carboxylic acids is 1. The molecule has 3 aromatic rings. The molecule has 0 radical (unpaired) electrons. The molecule has 4 rings (SSSR count). The number of rotatable bonds is 5. The molecule has 34 heavy (non-hydrogen) atoms. The Balaban J connectivity index is 1.61. The van der Waals surface area contributed by atoms with Crippen LogP contribution in [0.4, 0.5) is 4.79 Å². The van der Waals surface area contributed by atoms with Crippen LogP contribution in [0.3, 0.4) is 0 Å². The van der Waals surface area contributed by atoms with Crippen molar-refractivity contribution in [3.63, 3.8) is 0 Å². The molecule has 1 aliphatic rings. The van der Waals surface area contributed by atoms with Crippen LogP contribution in [0.1, 0.15) is 51.2 Å². The van der Waals surface area contributed by atoms with Crippen molar-refractivity contribution >= 4 is 45.3 Å². The van der Waals surface area contributed by atoms with Crippen LogP contribution in [0, 0.1) is 11.8 Å². The van der Waals surface area contributed by atoms with Gasteiger partial charge in [-0.25, -0.2) is 4.79 Å². The molecule has 1 heterocycles. The van der Waals surface area contributed by atoms with E-state index in [1.165, 1.54) is 17.3 Å². The monoisotopic (exact) mass is 494 g/mol. The summed E-state index contributed by atoms with van der Waals surface area (Å²) in [4.78, 5) is 13.5. The molecule has 0 saturated heterocycles. The lowest BCUT2D eigenvalue weighted by atomic mass is 9.64. The summed E-state index contributed by atoms with van der Waals surface area (Å²) >= 11 is 6.80. The molecule has 1 aliphatic carbocycles. The van der Waals surface area contributed by atoms with Gasteiger partial charge < -0.3 is 10.1 Å². The highest BCUT2D eigenvalue weighted by molar-refractivity contribution is 8.22. The highest BCUT2D eigenvalue weighted by Crippen LogP contribution is 2.43. The summed E-state index contributed by atoms with van der Waals surface area (Å²) in [5.41, 5.74) is 3.10. The van der Waals surface area contributed by atoms with E-state index < -0.39 is 0 Å². The van der Waals surface area contributed by atoms with Crippen molar-refractivity contribution in [1.82, 2.24) is 9.88 Å². The van der Waals surface area contributed by atoms with E-state index in [-0.39, 0.29) is 23.5 Å². The van der Waals surface area contributed by atoms with Gasteiger partial charge in [0.2, 0.25) is 0 Å². The molecule has 1 N–H and O–H groups in total. The topological polar surface area (TPSA) is 43.3 Å². The Morgan fingerprint density at radius 3 is 2.59 bits per heavy atom. The first-order valence-electron chi connectivity index (χ1n) is 12.0. The van der Waals surface area contributed by atoms with Crippen LogP contribution in [0.25, 0.3) is 10.9 Å². The number of hydrogen-bond acceptors (Lipinski definition) is 4. The Kier molecular flexibility index (Phi) is 7.68. The van der Waals surface area contributed by atoms with Gasteiger partial charge in [0.25, 0.3) is 0 Å². The van der Waals surface area contributed by atoms with Gasteiger partial charge in [-0.2, -0.15) is 0 Å². The number of fused-ring (bicyclic) bond motifs is 1. The third-order valence-corrected chi connectivity index (χ3v) is 8.51. The minimum Gasteiger partial charge on any atom is -0.445 e. The molecule has 0 spiro atoms. The van der Waals surface area contributed by atoms with Crippen LogP contribution in [0.5, 0.6) is 0 Å². The summed E-state index contributed by atoms with van der Waals surface area (Å²) in [6.45, 7) is 7.40. The third-order valence-electron chi connectivity index (χ3n) is 7.35. The highest BCUT2D eigenvalue weighted by Gasteiger charge is 2.42. The summed E-state index contributed by atoms with van der Waals surface area (Å²) < 4.78 is 8.71. The summed E-state index contributed by atoms with van der Waals surface area (Å²) in [6, 6.07) is 18.6. The number of thioether (sulfide) groups is 1. The Morgan fingerprint density at radius 1 is 1.15 bits per heavy atom. The van der Waals surface area contributed by atoms with E-state index in [0.717, 1.165) is 40.0 Å². The Labute approximate surface area is 212 Å². The molecule has 1 saturated carbocycles. The van der Waals surface area contributed by atoms with Gasteiger partial charge >= 0.3 is 6.09 Å². The lowest BCUT2D eigenvalue weighted by Crippen LogP contribution is -2.44. The molecule has 0 bridgehead atoms. The summed E-state index contributed by atoms with van der Waals surface area (Å²) in [5, 5.41) is 4.29. The fourth-order valence-corrected chi connectivity index (χ4v) is 5.62. The van der Waals surface area contributed by atoms with Gasteiger partial charge in [0.1, 0.15) is 10.4 Å². The van der Waals surface area contributed by atoms with Crippen molar-refractivity contribution in [2.24, 2.45) is 11.8 Å². The smallest absolute Gasteiger partial charge is 0.418 e. The number of para-hydroxylation sites is 1. The quantitative estimate of drug-likeness (QED) is 0.382. The molecular formula is C28H34N2O2S2. The Hall–Kier alpha value is -2.31. The first-order chi connectivity index (χ1) is 16.3. The van der Waals surface area contributed by atoms with Gasteiger partial charge in [0.05, 0.1) is 5.52 Å². The standard InChI is InChI=1S/C28H34N2O2S2/c1-19-14-15-23(28(2,3)21-10-6-5-7-11-21)25(16-19)32-27(31)30-18-20(17-29-26(33)34-4)22-12-8-9-13-24(22)30/h5-13,18-19,23,25H,14-17H2,1-4H3,(H,29,33)/t19-,23-,25-/m1/s1. The molecular weight excluding hydrogens is 460 g/mol. The fraction of sp³-hybridized carbons (Fsp3) is 0.429. The lowest BCUT2D eigenvalue weighted by molar-refractivity contribution is -0.00229. The third kappa shape index (κ3) is 5.18. The molecule has 0 amide bonds. The van der Waals surface area contributed by atoms with Crippen molar-refractivity contribution in [3.8, 4) is 0 Å². The number of aromatic nitrogens is 1. The van der Waals surface area contributed by atoms with Crippen molar-refractivity contribution in [3.05, 3.63) is 71.9 Å². The second-order valence-electron chi connectivity index (χ2n) is 9.92. The van der Waals surface area contributed by atoms with Gasteiger partial charge in [0, 0.05) is 24.0 Å². The second-order valence-corrected chi connectivity index (χ2v) is 11.4. The lowest BCUT2D eigenvalue weighted by Gasteiger charge is -2.43. The second kappa shape index (κ2) is 10.5. The van der Waals surface area contributed by atoms with Gasteiger partial charge in [-0.1, -0.05) is 87.9 Å². The summed E-state index contributed by atoms with van der Waals surface area (Å²) in [6.07, 6.45) is 6.52. The van der Waals surface area contributed by atoms with Gasteiger partial charge in [0.15, 0.2) is 0 Å². The van der Waals surface area contributed by atoms with Crippen LogP contribution < -0.4 is 5.32 Å². The van der Waals surface area contributed by atoms with Crippen LogP contribution in [0.15, 0.2) is 60.8 Å². The molecule has 6 heteroatoms. The van der Waals surface area contributed by atoms with Crippen LogP contribution >= 0.6 is 24.0 Å². The Morgan fingerprint density at radius 2 is 1.85 bits per heavy atom. The predicted octanol–water partition coefficient (Wildman–Crippen LogP) is 7.15. The SMILES string of the molecule is CSC(=S)NCc1cn(C(=O)O[C@@H]2C[C@H](C)CC[C@H]2C(C)(C)c2ccccc2)c2ccccc12. The van der Waals surface area contributed by atoms with Gasteiger partial charge in [-0.05, 0) is 47.6 Å². The molecule has 1 aromatic heterocycles. The average molecular weight is 495 g/mol. The first-order valence-corrected chi connectivity index (χ1v) is 13.6. The minimum absolute atomic E-state index is 0.0896. The van der Waals surface area contributed by atoms with E-state index >= 15 is 0 Å². The average Bonchev–Trinajstić information content (AvgIpc) is 3.22. The predicted molar refractivity (Wildman–Crippen MR) is 147 cm³/mol. The molecule has 180 valence electrons. The zero-order valence-corrected chi connectivity index (χ0v) is 22.0. The minimum atomic E-state index is -0.303. The largest absolute Gasteiger partial charge is 0.445 e. The summed E-state index contributed by atoms with van der Waals surface area (Å²) in [5.74, 6) is 0.798. The molecule has 2 aromatic carbocycles. The molecule has 0 unspecified atom stereocenters. The fourth-order valence-electron chi connectivity index (χ4n) is 5.33. The molecule has 3 atom stereocenters. The van der Waals surface area contributed by atoms with Gasteiger partial charge in [-0.3, -0.25) is 4.57 Å². The van der Waals surface area contributed by atoms with Crippen molar-refractivity contribution in [2.45, 2.75) is 58.1 Å². The molecule has 1 fully saturated rings. The van der Waals surface area contributed by atoms with E-state index in [1.54, 1.807) is 4.57 Å². The van der Waals surface area contributed by atoms with Crippen molar-refractivity contribution in [1.29, 1.82) is 0 Å². The van der Waals surface area contributed by atoms with E-state index in [0.29, 0.717) is 12.5 Å². The maximum atomic E-state index is 13.5. The van der Waals surface area contributed by atoms with Crippen LogP contribution in [-0.2, 0) is 16.7 Å². The number of nitrogens with one attached hydrogen (secondary N) is 1. The number of nitrogens with zero attached hydrogens (tertiary/aromatic N) is 1. The number of hydrogen-bond donors (Lipinski definition) is 1. The maximum Gasteiger partial charge on any atom is 0.418 e. The maximum absolute atomic E-state index is 13.5. The van der Waals surface area contributed by atoms with Crippen molar-refractivity contribution < 1.29 is 9.53 Å². The molecule has 0 aliphatic heterocycles. The number of benzene rings is 2. The number of thiocarbonyl (C=S) groups is 1. The number of carbonyl (C=O) groups is 1. The van der Waals surface area contributed by atoms with E-state index in [4.69, 9.17) is 17.0 Å². The van der Waals surface area contributed by atoms with Gasteiger partial charge in [-0.15, -0.1) is 11.8 Å². The van der Waals surface area contributed by atoms with E-state index in [2.05, 4.69) is 56.4 Å². The van der Waals surface area contributed by atoms with E-state index in [9.17, 15) is 4.79 Å². The highest BCUT2D eigenvalue weighted by atomic mass is 32.2. The summed E-state index contributed by atoms with van der Waals surface area (Å²) in [7, 11) is 0. The normalized spacial score (nSPS) is 20.8. The zero-order chi connectivity index (χ0) is 24.3. The Bertz CT molecular complexity index is 1160. The van der Waals surface area contributed by atoms with E-state index in [1.807, 2.05) is 36.7 Å². The zero-order valence-electron chi connectivity index (χ0n) is 20.4.